The van der Waals surface area contributed by atoms with Gasteiger partial charge in [0.05, 0.1) is 17.5 Å². The third-order valence-electron chi connectivity index (χ3n) is 3.07. The maximum atomic E-state index is 12.4. The van der Waals surface area contributed by atoms with E-state index in [2.05, 4.69) is 0 Å². The number of rotatable bonds is 4. The molecule has 2 aromatic rings. The first kappa shape index (κ1) is 16.1. The van der Waals surface area contributed by atoms with Gasteiger partial charge in [0.2, 0.25) is 5.78 Å². The Balaban J connectivity index is 2.39. The van der Waals surface area contributed by atoms with Gasteiger partial charge in [0.1, 0.15) is 5.76 Å². The van der Waals surface area contributed by atoms with Crippen LogP contribution < -0.4 is 0 Å². The zero-order valence-corrected chi connectivity index (χ0v) is 13.6. The highest BCUT2D eigenvalue weighted by Gasteiger charge is 2.34. The summed E-state index contributed by atoms with van der Waals surface area (Å²) in [5.41, 5.74) is 0.960. The third-order valence-corrected chi connectivity index (χ3v) is 3.58. The van der Waals surface area contributed by atoms with E-state index in [0.29, 0.717) is 23.3 Å². The number of carbonyl (C=O) groups is 2. The molecule has 0 atom stereocenters. The molecule has 0 aliphatic carbocycles. The summed E-state index contributed by atoms with van der Waals surface area (Å²) >= 11 is 16.8. The van der Waals surface area contributed by atoms with Crippen molar-refractivity contribution in [1.82, 2.24) is 4.57 Å². The molecule has 112 valence electrons. The fourth-order valence-corrected chi connectivity index (χ4v) is 2.32. The van der Waals surface area contributed by atoms with Crippen LogP contribution in [0, 0.1) is 0 Å². The molecule has 0 amide bonds. The van der Waals surface area contributed by atoms with E-state index >= 15 is 0 Å². The molecule has 0 bridgehead atoms. The van der Waals surface area contributed by atoms with Gasteiger partial charge >= 0.3 is 0 Å². The number of aromatic nitrogens is 1. The zero-order chi connectivity index (χ0) is 15.8. The van der Waals surface area contributed by atoms with Gasteiger partial charge < -0.3 is 8.98 Å². The molecule has 0 fully saturated rings. The SMILES string of the molecule is CCc1occc1C(=O)c1cc(C(=O)C(Cl)(Cl)Cl)n(C)c1. The molecule has 0 aliphatic heterocycles. The first-order valence-corrected chi connectivity index (χ1v) is 7.28. The van der Waals surface area contributed by atoms with Crippen molar-refractivity contribution in [3.63, 3.8) is 0 Å². The van der Waals surface area contributed by atoms with Crippen molar-refractivity contribution in [1.29, 1.82) is 0 Å². The van der Waals surface area contributed by atoms with E-state index in [9.17, 15) is 9.59 Å². The third kappa shape index (κ3) is 3.18. The van der Waals surface area contributed by atoms with Crippen LogP contribution in [0.5, 0.6) is 0 Å². The Hall–Kier alpha value is -1.23. The standard InChI is InChI=1S/C14H12Cl3NO3/c1-3-11-9(4-5-21-11)12(19)8-6-10(18(2)7-8)13(20)14(15,16)17/h4-7H,3H2,1-2H3. The van der Waals surface area contributed by atoms with Gasteiger partial charge in [-0.3, -0.25) is 9.59 Å². The number of Topliss-reactive ketones (excluding diaryl/α,β-unsaturated/α-hetero) is 1. The molecule has 4 nitrogen and oxygen atoms in total. The van der Waals surface area contributed by atoms with Crippen molar-refractivity contribution in [3.05, 3.63) is 47.2 Å². The van der Waals surface area contributed by atoms with E-state index in [4.69, 9.17) is 39.2 Å². The minimum Gasteiger partial charge on any atom is -0.469 e. The van der Waals surface area contributed by atoms with E-state index < -0.39 is 9.58 Å². The Bertz CT molecular complexity index is 695. The van der Waals surface area contributed by atoms with E-state index in [1.165, 1.54) is 23.1 Å². The summed E-state index contributed by atoms with van der Waals surface area (Å²) in [7, 11) is 1.61. The molecular weight excluding hydrogens is 337 g/mol. The summed E-state index contributed by atoms with van der Waals surface area (Å²) in [4.78, 5) is 24.4. The van der Waals surface area contributed by atoms with Gasteiger partial charge in [0.25, 0.3) is 3.79 Å². The van der Waals surface area contributed by atoms with Crippen LogP contribution in [0.4, 0.5) is 0 Å². The molecule has 2 aromatic heterocycles. The lowest BCUT2D eigenvalue weighted by Gasteiger charge is -2.09. The zero-order valence-electron chi connectivity index (χ0n) is 11.3. The minimum absolute atomic E-state index is 0.153. The second kappa shape index (κ2) is 5.87. The van der Waals surface area contributed by atoms with Crippen molar-refractivity contribution in [3.8, 4) is 0 Å². The molecule has 0 saturated carbocycles. The lowest BCUT2D eigenvalue weighted by Crippen LogP contribution is -2.21. The molecule has 0 saturated heterocycles. The number of aryl methyl sites for hydroxylation is 2. The average Bonchev–Trinajstić information content (AvgIpc) is 3.01. The predicted octanol–water partition coefficient (Wildman–Crippen LogP) is 3.96. The van der Waals surface area contributed by atoms with Crippen LogP contribution in [0.25, 0.3) is 0 Å². The maximum Gasteiger partial charge on any atom is 0.255 e. The first-order chi connectivity index (χ1) is 9.75. The second-order valence-corrected chi connectivity index (χ2v) is 6.77. The Morgan fingerprint density at radius 3 is 2.57 bits per heavy atom. The van der Waals surface area contributed by atoms with Crippen LogP contribution in [-0.2, 0) is 13.5 Å². The second-order valence-electron chi connectivity index (χ2n) is 4.49. The molecular formula is C14H12Cl3NO3. The topological polar surface area (TPSA) is 52.2 Å². The van der Waals surface area contributed by atoms with Gasteiger partial charge in [-0.15, -0.1) is 0 Å². The van der Waals surface area contributed by atoms with Gasteiger partial charge in [-0.2, -0.15) is 0 Å². The lowest BCUT2D eigenvalue weighted by molar-refractivity contribution is 0.0988. The maximum absolute atomic E-state index is 12.4. The van der Waals surface area contributed by atoms with Crippen molar-refractivity contribution < 1.29 is 14.0 Å². The van der Waals surface area contributed by atoms with Crippen molar-refractivity contribution in [2.75, 3.05) is 0 Å². The van der Waals surface area contributed by atoms with Gasteiger partial charge in [0.15, 0.2) is 5.78 Å². The van der Waals surface area contributed by atoms with E-state index in [1.54, 1.807) is 13.1 Å². The fourth-order valence-electron chi connectivity index (χ4n) is 2.03. The summed E-state index contributed by atoms with van der Waals surface area (Å²) in [5.74, 6) is -0.324. The number of alkyl halides is 3. The van der Waals surface area contributed by atoms with Crippen molar-refractivity contribution in [2.45, 2.75) is 17.1 Å². The summed E-state index contributed by atoms with van der Waals surface area (Å²) in [6.07, 6.45) is 3.58. The number of halogens is 3. The van der Waals surface area contributed by atoms with Gasteiger partial charge in [0, 0.05) is 25.2 Å². The Morgan fingerprint density at radius 2 is 2.00 bits per heavy atom. The molecule has 0 aliphatic rings. The number of nitrogens with zero attached hydrogens (tertiary/aromatic N) is 1. The van der Waals surface area contributed by atoms with Crippen LogP contribution in [0.15, 0.2) is 29.0 Å². The number of hydrogen-bond donors (Lipinski definition) is 0. The average molecular weight is 349 g/mol. The quantitative estimate of drug-likeness (QED) is 0.620. The first-order valence-electron chi connectivity index (χ1n) is 6.14. The molecule has 0 aromatic carbocycles. The van der Waals surface area contributed by atoms with Crippen LogP contribution in [0.2, 0.25) is 0 Å². The van der Waals surface area contributed by atoms with E-state index in [0.717, 1.165) is 0 Å². The number of ketones is 2. The molecule has 0 spiro atoms. The van der Waals surface area contributed by atoms with Gasteiger partial charge in [-0.05, 0) is 12.1 Å². The molecule has 21 heavy (non-hydrogen) atoms. The van der Waals surface area contributed by atoms with E-state index in [-0.39, 0.29) is 11.5 Å². The number of furan rings is 1. The summed E-state index contributed by atoms with van der Waals surface area (Å²) < 4.78 is 4.64. The summed E-state index contributed by atoms with van der Waals surface area (Å²) in [6, 6.07) is 3.02. The number of hydrogen-bond acceptors (Lipinski definition) is 3. The summed E-state index contributed by atoms with van der Waals surface area (Å²) in [6.45, 7) is 1.89. The predicted molar refractivity (Wildman–Crippen MR) is 81.6 cm³/mol. The minimum atomic E-state index is -2.06. The molecule has 0 radical (unpaired) electrons. The number of carbonyl (C=O) groups excluding carboxylic acids is 2. The van der Waals surface area contributed by atoms with E-state index in [1.807, 2.05) is 6.92 Å². The van der Waals surface area contributed by atoms with Crippen LogP contribution in [-0.4, -0.2) is 19.9 Å². The molecule has 0 unspecified atom stereocenters. The largest absolute Gasteiger partial charge is 0.469 e. The smallest absolute Gasteiger partial charge is 0.255 e. The van der Waals surface area contributed by atoms with Crippen molar-refractivity contribution in [2.24, 2.45) is 7.05 Å². The fraction of sp³-hybridized carbons (Fsp3) is 0.286. The highest BCUT2D eigenvalue weighted by atomic mass is 35.6. The van der Waals surface area contributed by atoms with Gasteiger partial charge in [-0.1, -0.05) is 41.7 Å². The highest BCUT2D eigenvalue weighted by molar-refractivity contribution is 6.77. The van der Waals surface area contributed by atoms with Crippen LogP contribution >= 0.6 is 34.8 Å². The molecule has 0 N–H and O–H groups in total. The molecule has 2 heterocycles. The highest BCUT2D eigenvalue weighted by Crippen LogP contribution is 2.31. The molecule has 2 rings (SSSR count). The van der Waals surface area contributed by atoms with Crippen LogP contribution in [0.3, 0.4) is 0 Å². The van der Waals surface area contributed by atoms with Gasteiger partial charge in [-0.25, -0.2) is 0 Å². The lowest BCUT2D eigenvalue weighted by atomic mass is 10.1. The Kier molecular flexibility index (Phi) is 4.51. The van der Waals surface area contributed by atoms with Crippen LogP contribution in [0.1, 0.15) is 39.1 Å². The summed E-state index contributed by atoms with van der Waals surface area (Å²) in [5, 5.41) is 0. The molecule has 7 heteroatoms. The Morgan fingerprint density at radius 1 is 1.33 bits per heavy atom. The van der Waals surface area contributed by atoms with Crippen molar-refractivity contribution >= 4 is 46.4 Å². The normalized spacial score (nSPS) is 11.7. The Labute approximate surface area is 136 Å². The monoisotopic (exact) mass is 347 g/mol.